The van der Waals surface area contributed by atoms with Gasteiger partial charge in [0, 0.05) is 18.4 Å². The van der Waals surface area contributed by atoms with Crippen molar-refractivity contribution in [2.45, 2.75) is 39.8 Å². The minimum absolute atomic E-state index is 0.0182. The molecule has 2 rings (SSSR count). The molecule has 0 aliphatic carbocycles. The molecule has 1 aliphatic heterocycles. The molecular formula is C19H31N2O3+. The second kappa shape index (κ2) is 8.38. The molecule has 134 valence electrons. The van der Waals surface area contributed by atoms with Crippen LogP contribution < -0.4 is 19.7 Å². The van der Waals surface area contributed by atoms with Crippen molar-refractivity contribution in [3.05, 3.63) is 23.8 Å². The van der Waals surface area contributed by atoms with Crippen LogP contribution in [-0.4, -0.2) is 39.3 Å². The SMILES string of the molecule is COc1ccc(CNC(=O)[C@H](C)[NH+]2C[C@H](C)C[C@@H](C)C2)cc1OC. The zero-order chi connectivity index (χ0) is 17.7. The molecule has 1 amide bonds. The Labute approximate surface area is 145 Å². The molecule has 1 heterocycles. The van der Waals surface area contributed by atoms with Crippen LogP contribution in [0.1, 0.15) is 32.8 Å². The number of nitrogens with one attached hydrogen (secondary N) is 2. The summed E-state index contributed by atoms with van der Waals surface area (Å²) in [5.41, 5.74) is 1.00. The van der Waals surface area contributed by atoms with Gasteiger partial charge in [0.05, 0.1) is 27.3 Å². The number of quaternary nitrogens is 1. The molecular weight excluding hydrogens is 304 g/mol. The maximum absolute atomic E-state index is 12.5. The highest BCUT2D eigenvalue weighted by atomic mass is 16.5. The van der Waals surface area contributed by atoms with Crippen molar-refractivity contribution in [1.82, 2.24) is 5.32 Å². The summed E-state index contributed by atoms with van der Waals surface area (Å²) < 4.78 is 10.5. The normalized spacial score (nSPS) is 25.0. The summed E-state index contributed by atoms with van der Waals surface area (Å²) in [5.74, 6) is 2.86. The van der Waals surface area contributed by atoms with E-state index < -0.39 is 0 Å². The fourth-order valence-electron chi connectivity index (χ4n) is 3.70. The number of likely N-dealkylation sites (tertiary alicyclic amines) is 1. The third kappa shape index (κ3) is 4.63. The van der Waals surface area contributed by atoms with Gasteiger partial charge in [0.25, 0.3) is 5.91 Å². The third-order valence-corrected chi connectivity index (χ3v) is 4.95. The molecule has 1 aromatic carbocycles. The number of hydrogen-bond donors (Lipinski definition) is 2. The molecule has 2 N–H and O–H groups in total. The first-order valence-corrected chi connectivity index (χ1v) is 8.77. The van der Waals surface area contributed by atoms with Gasteiger partial charge in [-0.1, -0.05) is 19.9 Å². The van der Waals surface area contributed by atoms with Crippen molar-refractivity contribution in [2.24, 2.45) is 11.8 Å². The zero-order valence-electron chi connectivity index (χ0n) is 15.5. The van der Waals surface area contributed by atoms with Crippen LogP contribution in [-0.2, 0) is 11.3 Å². The smallest absolute Gasteiger partial charge is 0.278 e. The Kier molecular flexibility index (Phi) is 6.49. The second-order valence-corrected chi connectivity index (χ2v) is 7.14. The minimum Gasteiger partial charge on any atom is -0.493 e. The fourth-order valence-corrected chi connectivity index (χ4v) is 3.70. The largest absolute Gasteiger partial charge is 0.493 e. The quantitative estimate of drug-likeness (QED) is 0.823. The second-order valence-electron chi connectivity index (χ2n) is 7.14. The van der Waals surface area contributed by atoms with Gasteiger partial charge in [-0.15, -0.1) is 0 Å². The molecule has 0 aromatic heterocycles. The summed E-state index contributed by atoms with van der Waals surface area (Å²) in [6.45, 7) is 9.25. The average molecular weight is 335 g/mol. The number of carbonyl (C=O) groups excluding carboxylic acids is 1. The first kappa shape index (κ1) is 18.6. The molecule has 0 spiro atoms. The Hall–Kier alpha value is -1.75. The van der Waals surface area contributed by atoms with Gasteiger partial charge >= 0.3 is 0 Å². The fraction of sp³-hybridized carbons (Fsp3) is 0.632. The van der Waals surface area contributed by atoms with Crippen LogP contribution in [0, 0.1) is 11.8 Å². The van der Waals surface area contributed by atoms with Gasteiger partial charge in [-0.25, -0.2) is 0 Å². The van der Waals surface area contributed by atoms with Crippen LogP contribution in [0.2, 0.25) is 0 Å². The highest BCUT2D eigenvalue weighted by Gasteiger charge is 2.32. The number of hydrogen-bond acceptors (Lipinski definition) is 3. The van der Waals surface area contributed by atoms with E-state index in [1.165, 1.54) is 11.3 Å². The lowest BCUT2D eigenvalue weighted by Crippen LogP contribution is -3.18. The lowest BCUT2D eigenvalue weighted by molar-refractivity contribution is -0.925. The molecule has 1 fully saturated rings. The summed E-state index contributed by atoms with van der Waals surface area (Å²) in [5, 5.41) is 3.06. The molecule has 1 aliphatic rings. The van der Waals surface area contributed by atoms with E-state index >= 15 is 0 Å². The van der Waals surface area contributed by atoms with Crippen LogP contribution in [0.25, 0.3) is 0 Å². The number of carbonyl (C=O) groups is 1. The minimum atomic E-state index is -0.0182. The number of ether oxygens (including phenoxy) is 2. The average Bonchev–Trinajstić information content (AvgIpc) is 2.57. The standard InChI is InChI=1S/C19H30N2O3/c1-13-8-14(2)12-21(11-13)15(3)19(22)20-10-16-6-7-17(23-4)18(9-16)24-5/h6-7,9,13-15H,8,10-12H2,1-5H3,(H,20,22)/p+1/t13-,14-,15+/m1/s1. The molecule has 0 unspecified atom stereocenters. The Morgan fingerprint density at radius 1 is 1.21 bits per heavy atom. The van der Waals surface area contributed by atoms with Gasteiger partial charge in [-0.3, -0.25) is 4.79 Å². The molecule has 1 aromatic rings. The van der Waals surface area contributed by atoms with Crippen LogP contribution >= 0.6 is 0 Å². The van der Waals surface area contributed by atoms with Crippen LogP contribution in [0.5, 0.6) is 11.5 Å². The summed E-state index contributed by atoms with van der Waals surface area (Å²) in [6, 6.07) is 5.70. The topological polar surface area (TPSA) is 52.0 Å². The van der Waals surface area contributed by atoms with Crippen molar-refractivity contribution < 1.29 is 19.2 Å². The molecule has 0 bridgehead atoms. The maximum atomic E-state index is 12.5. The first-order valence-electron chi connectivity index (χ1n) is 8.77. The predicted octanol–water partition coefficient (Wildman–Crippen LogP) is 1.27. The Bertz CT molecular complexity index is 552. The van der Waals surface area contributed by atoms with Crippen LogP contribution in [0.4, 0.5) is 0 Å². The van der Waals surface area contributed by atoms with Crippen molar-refractivity contribution in [3.63, 3.8) is 0 Å². The monoisotopic (exact) mass is 335 g/mol. The molecule has 24 heavy (non-hydrogen) atoms. The zero-order valence-corrected chi connectivity index (χ0v) is 15.5. The highest BCUT2D eigenvalue weighted by Crippen LogP contribution is 2.27. The van der Waals surface area contributed by atoms with Crippen molar-refractivity contribution in [2.75, 3.05) is 27.3 Å². The van der Waals surface area contributed by atoms with E-state index in [4.69, 9.17) is 9.47 Å². The maximum Gasteiger partial charge on any atom is 0.278 e. The Morgan fingerprint density at radius 2 is 1.83 bits per heavy atom. The Morgan fingerprint density at radius 3 is 2.42 bits per heavy atom. The lowest BCUT2D eigenvalue weighted by Gasteiger charge is -2.35. The Balaban J connectivity index is 1.92. The number of benzene rings is 1. The number of piperidine rings is 1. The highest BCUT2D eigenvalue weighted by molar-refractivity contribution is 5.79. The third-order valence-electron chi connectivity index (χ3n) is 4.95. The molecule has 1 saturated heterocycles. The summed E-state index contributed by atoms with van der Waals surface area (Å²) in [4.78, 5) is 13.9. The number of rotatable bonds is 6. The van der Waals surface area contributed by atoms with E-state index in [0.717, 1.165) is 18.7 Å². The summed E-state index contributed by atoms with van der Waals surface area (Å²) in [6.07, 6.45) is 1.27. The van der Waals surface area contributed by atoms with E-state index in [2.05, 4.69) is 19.2 Å². The summed E-state index contributed by atoms with van der Waals surface area (Å²) >= 11 is 0. The summed E-state index contributed by atoms with van der Waals surface area (Å²) in [7, 11) is 3.23. The molecule has 0 radical (unpaired) electrons. The molecule has 5 nitrogen and oxygen atoms in total. The van der Waals surface area contributed by atoms with Gasteiger partial charge in [0.15, 0.2) is 17.5 Å². The number of amides is 1. The van der Waals surface area contributed by atoms with E-state index in [-0.39, 0.29) is 11.9 Å². The molecule has 3 atom stereocenters. The van der Waals surface area contributed by atoms with E-state index in [1.54, 1.807) is 14.2 Å². The molecule has 0 saturated carbocycles. The van der Waals surface area contributed by atoms with Gasteiger partial charge < -0.3 is 19.7 Å². The van der Waals surface area contributed by atoms with E-state index in [0.29, 0.717) is 29.9 Å². The lowest BCUT2D eigenvalue weighted by atomic mass is 9.91. The van der Waals surface area contributed by atoms with E-state index in [1.807, 2.05) is 25.1 Å². The molecule has 5 heteroatoms. The predicted molar refractivity (Wildman–Crippen MR) is 94.5 cm³/mol. The van der Waals surface area contributed by atoms with Crippen molar-refractivity contribution in [1.29, 1.82) is 0 Å². The van der Waals surface area contributed by atoms with Crippen LogP contribution in [0.3, 0.4) is 0 Å². The van der Waals surface area contributed by atoms with Crippen molar-refractivity contribution >= 4 is 5.91 Å². The van der Waals surface area contributed by atoms with Crippen molar-refractivity contribution in [3.8, 4) is 11.5 Å². The van der Waals surface area contributed by atoms with Gasteiger partial charge in [0.2, 0.25) is 0 Å². The van der Waals surface area contributed by atoms with Gasteiger partial charge in [-0.05, 0) is 31.0 Å². The van der Waals surface area contributed by atoms with Crippen LogP contribution in [0.15, 0.2) is 18.2 Å². The van der Waals surface area contributed by atoms with Gasteiger partial charge in [0.1, 0.15) is 0 Å². The first-order chi connectivity index (χ1) is 11.4. The van der Waals surface area contributed by atoms with Gasteiger partial charge in [-0.2, -0.15) is 0 Å². The van der Waals surface area contributed by atoms with E-state index in [9.17, 15) is 4.79 Å². The number of methoxy groups -OCH3 is 2.